The Morgan fingerprint density at radius 2 is 1.55 bits per heavy atom. The van der Waals surface area contributed by atoms with Crippen LogP contribution in [0.4, 0.5) is 14.5 Å². The number of alkyl halides is 2. The van der Waals surface area contributed by atoms with E-state index in [4.69, 9.17) is 5.73 Å². The number of nitrogens with one attached hydrogen (secondary N) is 1. The monoisotopic (exact) mass is 298 g/mol. The van der Waals surface area contributed by atoms with Crippen molar-refractivity contribution in [1.82, 2.24) is 0 Å². The highest BCUT2D eigenvalue weighted by molar-refractivity contribution is 5.85. The molecule has 2 rings (SSSR count). The zero-order chi connectivity index (χ0) is 13.7. The molecule has 0 aliphatic heterocycles. The number of anilines is 1. The molecule has 2 aromatic carbocycles. The van der Waals surface area contributed by atoms with Crippen LogP contribution in [0, 0.1) is 0 Å². The van der Waals surface area contributed by atoms with Crippen molar-refractivity contribution >= 4 is 18.1 Å². The van der Waals surface area contributed by atoms with Gasteiger partial charge in [0.25, 0.3) is 6.43 Å². The third-order valence-corrected chi connectivity index (χ3v) is 2.91. The Morgan fingerprint density at radius 1 is 0.950 bits per heavy atom. The van der Waals surface area contributed by atoms with E-state index in [2.05, 4.69) is 5.32 Å². The van der Waals surface area contributed by atoms with E-state index in [-0.39, 0.29) is 12.4 Å². The molecule has 2 aromatic rings. The minimum atomic E-state index is -2.54. The molecule has 108 valence electrons. The highest BCUT2D eigenvalue weighted by Gasteiger charge is 2.16. The van der Waals surface area contributed by atoms with E-state index in [0.717, 1.165) is 11.3 Å². The van der Waals surface area contributed by atoms with Gasteiger partial charge in [0.1, 0.15) is 0 Å². The van der Waals surface area contributed by atoms with Gasteiger partial charge >= 0.3 is 0 Å². The minimum Gasteiger partial charge on any atom is -0.381 e. The molecule has 0 fully saturated rings. The molecule has 20 heavy (non-hydrogen) atoms. The fourth-order valence-corrected chi connectivity index (χ4v) is 1.77. The van der Waals surface area contributed by atoms with Crippen molar-refractivity contribution in [3.63, 3.8) is 0 Å². The van der Waals surface area contributed by atoms with Crippen molar-refractivity contribution in [2.24, 2.45) is 5.73 Å². The first-order valence-electron chi connectivity index (χ1n) is 6.08. The Kier molecular flexibility index (Phi) is 6.42. The number of rotatable bonds is 5. The third-order valence-electron chi connectivity index (χ3n) is 2.91. The van der Waals surface area contributed by atoms with E-state index in [1.807, 2.05) is 30.3 Å². The van der Waals surface area contributed by atoms with E-state index >= 15 is 0 Å². The summed E-state index contributed by atoms with van der Waals surface area (Å²) in [6, 6.07) is 15.5. The Hall–Kier alpha value is -1.65. The zero-order valence-corrected chi connectivity index (χ0v) is 11.6. The van der Waals surface area contributed by atoms with Crippen molar-refractivity contribution in [2.75, 3.05) is 5.32 Å². The highest BCUT2D eigenvalue weighted by Crippen LogP contribution is 2.20. The average Bonchev–Trinajstić information content (AvgIpc) is 2.46. The van der Waals surface area contributed by atoms with Crippen molar-refractivity contribution in [3.05, 3.63) is 65.7 Å². The summed E-state index contributed by atoms with van der Waals surface area (Å²) in [5.74, 6) is 0. The molecule has 1 atom stereocenters. The molecule has 2 nitrogen and oxygen atoms in total. The van der Waals surface area contributed by atoms with Crippen LogP contribution < -0.4 is 11.1 Å². The van der Waals surface area contributed by atoms with Crippen LogP contribution in [-0.2, 0) is 6.54 Å². The topological polar surface area (TPSA) is 38.0 Å². The normalized spacial score (nSPS) is 11.8. The van der Waals surface area contributed by atoms with E-state index in [1.165, 1.54) is 0 Å². The molecule has 0 heterocycles. The van der Waals surface area contributed by atoms with Gasteiger partial charge in [-0.2, -0.15) is 0 Å². The van der Waals surface area contributed by atoms with Crippen molar-refractivity contribution in [2.45, 2.75) is 19.0 Å². The smallest absolute Gasteiger partial charge is 0.257 e. The van der Waals surface area contributed by atoms with Crippen LogP contribution in [0.15, 0.2) is 54.6 Å². The summed E-state index contributed by atoms with van der Waals surface area (Å²) in [6.07, 6.45) is -2.54. The van der Waals surface area contributed by atoms with Gasteiger partial charge in [-0.25, -0.2) is 8.78 Å². The van der Waals surface area contributed by atoms with Gasteiger partial charge in [0.2, 0.25) is 0 Å². The van der Waals surface area contributed by atoms with Gasteiger partial charge < -0.3 is 11.1 Å². The Morgan fingerprint density at radius 3 is 2.10 bits per heavy atom. The minimum absolute atomic E-state index is 0. The molecule has 3 N–H and O–H groups in total. The number of hydrogen-bond acceptors (Lipinski definition) is 2. The van der Waals surface area contributed by atoms with Crippen LogP contribution in [-0.4, -0.2) is 6.43 Å². The maximum Gasteiger partial charge on any atom is 0.257 e. The predicted molar refractivity (Wildman–Crippen MR) is 80.4 cm³/mol. The molecule has 0 spiro atoms. The Labute approximate surface area is 123 Å². The molecule has 0 saturated carbocycles. The molecule has 0 unspecified atom stereocenters. The van der Waals surface area contributed by atoms with Crippen molar-refractivity contribution in [3.8, 4) is 0 Å². The van der Waals surface area contributed by atoms with E-state index in [1.54, 1.807) is 24.3 Å². The van der Waals surface area contributed by atoms with E-state index < -0.39 is 12.5 Å². The first-order chi connectivity index (χ1) is 9.16. The zero-order valence-electron chi connectivity index (χ0n) is 10.8. The third kappa shape index (κ3) is 4.47. The number of hydrogen-bond donors (Lipinski definition) is 2. The second-order valence-corrected chi connectivity index (χ2v) is 4.32. The van der Waals surface area contributed by atoms with Crippen LogP contribution >= 0.6 is 12.4 Å². The van der Waals surface area contributed by atoms with Gasteiger partial charge in [0.05, 0.1) is 6.04 Å². The largest absolute Gasteiger partial charge is 0.381 e. The van der Waals surface area contributed by atoms with Gasteiger partial charge in [0.15, 0.2) is 0 Å². The van der Waals surface area contributed by atoms with Crippen LogP contribution in [0.1, 0.15) is 17.2 Å². The summed E-state index contributed by atoms with van der Waals surface area (Å²) < 4.78 is 24.9. The van der Waals surface area contributed by atoms with Gasteiger partial charge in [-0.3, -0.25) is 0 Å². The first kappa shape index (κ1) is 16.4. The van der Waals surface area contributed by atoms with Crippen molar-refractivity contribution in [1.29, 1.82) is 0 Å². The number of benzene rings is 2. The molecule has 0 saturated heterocycles. The molecule has 0 amide bonds. The standard InChI is InChI=1S/C15H16F2N2.ClH/c16-15(17)14(18)12-6-8-13(9-7-12)19-10-11-4-2-1-3-5-11;/h1-9,14-15,19H,10,18H2;1H/t14-;/m1./s1. The summed E-state index contributed by atoms with van der Waals surface area (Å²) in [5.41, 5.74) is 7.87. The van der Waals surface area contributed by atoms with E-state index in [0.29, 0.717) is 12.1 Å². The lowest BCUT2D eigenvalue weighted by Crippen LogP contribution is -2.18. The second kappa shape index (κ2) is 7.82. The summed E-state index contributed by atoms with van der Waals surface area (Å²) >= 11 is 0. The summed E-state index contributed by atoms with van der Waals surface area (Å²) in [7, 11) is 0. The SMILES string of the molecule is Cl.N[C@H](c1ccc(NCc2ccccc2)cc1)C(F)F. The molecule has 0 aliphatic rings. The first-order valence-corrected chi connectivity index (χ1v) is 6.08. The molecule has 0 bridgehead atoms. The molecule has 0 radical (unpaired) electrons. The predicted octanol–water partition coefficient (Wildman–Crippen LogP) is 3.99. The van der Waals surface area contributed by atoms with Crippen LogP contribution in [0.25, 0.3) is 0 Å². The van der Waals surface area contributed by atoms with Crippen LogP contribution in [0.5, 0.6) is 0 Å². The van der Waals surface area contributed by atoms with E-state index in [9.17, 15) is 8.78 Å². The summed E-state index contributed by atoms with van der Waals surface area (Å²) in [6.45, 7) is 0.696. The lowest BCUT2D eigenvalue weighted by Gasteiger charge is -2.12. The lowest BCUT2D eigenvalue weighted by atomic mass is 10.1. The van der Waals surface area contributed by atoms with Gasteiger partial charge in [-0.15, -0.1) is 12.4 Å². The molecule has 0 aromatic heterocycles. The molecular weight excluding hydrogens is 282 g/mol. The second-order valence-electron chi connectivity index (χ2n) is 4.32. The lowest BCUT2D eigenvalue weighted by molar-refractivity contribution is 0.116. The maximum atomic E-state index is 12.4. The Bertz CT molecular complexity index is 503. The highest BCUT2D eigenvalue weighted by atomic mass is 35.5. The quantitative estimate of drug-likeness (QED) is 0.876. The number of nitrogens with two attached hydrogens (primary N) is 1. The maximum absolute atomic E-state index is 12.4. The van der Waals surface area contributed by atoms with Crippen LogP contribution in [0.2, 0.25) is 0 Å². The molecule has 0 aliphatic carbocycles. The fourth-order valence-electron chi connectivity index (χ4n) is 1.77. The van der Waals surface area contributed by atoms with Gasteiger partial charge in [0, 0.05) is 12.2 Å². The Balaban J connectivity index is 0.00000200. The molecule has 5 heteroatoms. The number of halogens is 3. The van der Waals surface area contributed by atoms with Gasteiger partial charge in [-0.1, -0.05) is 42.5 Å². The summed E-state index contributed by atoms with van der Waals surface area (Å²) in [4.78, 5) is 0. The fraction of sp³-hybridized carbons (Fsp3) is 0.200. The van der Waals surface area contributed by atoms with Gasteiger partial charge in [-0.05, 0) is 23.3 Å². The van der Waals surface area contributed by atoms with Crippen molar-refractivity contribution < 1.29 is 8.78 Å². The van der Waals surface area contributed by atoms with Crippen LogP contribution in [0.3, 0.4) is 0 Å². The molecular formula is C15H17ClF2N2. The summed E-state index contributed by atoms with van der Waals surface area (Å²) in [5, 5.41) is 3.23. The average molecular weight is 299 g/mol.